The van der Waals surface area contributed by atoms with E-state index in [-0.39, 0.29) is 30.7 Å². The van der Waals surface area contributed by atoms with Crippen molar-refractivity contribution in [2.75, 3.05) is 26.2 Å². The van der Waals surface area contributed by atoms with Crippen molar-refractivity contribution in [3.8, 4) is 0 Å². The number of sulfonamides is 1. The maximum absolute atomic E-state index is 13.0. The van der Waals surface area contributed by atoms with Gasteiger partial charge in [0, 0.05) is 26.2 Å². The summed E-state index contributed by atoms with van der Waals surface area (Å²) in [6.45, 7) is 6.39. The molecule has 1 aliphatic carbocycles. The van der Waals surface area contributed by atoms with Crippen LogP contribution >= 0.6 is 0 Å². The zero-order valence-corrected chi connectivity index (χ0v) is 19.2. The number of alkyl halides is 3. The highest BCUT2D eigenvalue weighted by Crippen LogP contribution is 2.32. The maximum Gasteiger partial charge on any atom is 0.573 e. The lowest BCUT2D eigenvalue weighted by Crippen LogP contribution is -2.50. The lowest BCUT2D eigenvalue weighted by Gasteiger charge is -2.37. The molecular formula is C20H29F3N2O6S. The van der Waals surface area contributed by atoms with Crippen LogP contribution in [0.5, 0.6) is 0 Å². The van der Waals surface area contributed by atoms with E-state index in [1.165, 1.54) is 21.4 Å². The molecule has 0 N–H and O–H groups in total. The summed E-state index contributed by atoms with van der Waals surface area (Å²) < 4.78 is 79.2. The van der Waals surface area contributed by atoms with Gasteiger partial charge in [0.1, 0.15) is 11.7 Å². The van der Waals surface area contributed by atoms with Gasteiger partial charge in [-0.1, -0.05) is 0 Å². The second-order valence-corrected chi connectivity index (χ2v) is 11.3. The highest BCUT2D eigenvalue weighted by molar-refractivity contribution is 7.89. The Labute approximate surface area is 186 Å². The van der Waals surface area contributed by atoms with Gasteiger partial charge in [-0.15, -0.1) is 13.2 Å². The Morgan fingerprint density at radius 3 is 2.00 bits per heavy atom. The van der Waals surface area contributed by atoms with E-state index in [1.54, 1.807) is 20.8 Å². The number of hydrogen-bond acceptors (Lipinski definition) is 6. The Morgan fingerprint density at radius 2 is 1.53 bits per heavy atom. The molecule has 0 aromatic rings. The summed E-state index contributed by atoms with van der Waals surface area (Å²) >= 11 is 0. The zero-order valence-electron chi connectivity index (χ0n) is 18.4. The molecule has 12 heteroatoms. The van der Waals surface area contributed by atoms with Gasteiger partial charge in [-0.05, 0) is 58.6 Å². The summed E-state index contributed by atoms with van der Waals surface area (Å²) in [7, 11) is -3.55. The van der Waals surface area contributed by atoms with E-state index in [2.05, 4.69) is 4.74 Å². The summed E-state index contributed by atoms with van der Waals surface area (Å²) in [6.07, 6.45) is -1.66. The summed E-state index contributed by atoms with van der Waals surface area (Å²) in [4.78, 5) is 13.7. The number of piperidine rings is 2. The second-order valence-electron chi connectivity index (χ2n) is 9.04. The van der Waals surface area contributed by atoms with Gasteiger partial charge in [0.2, 0.25) is 10.0 Å². The Bertz CT molecular complexity index is 863. The molecule has 0 unspecified atom stereocenters. The third-order valence-electron chi connectivity index (χ3n) is 5.42. The molecule has 182 valence electrons. The SMILES string of the molecule is CC(C)(C)OC(=O)N1CCC(S(=O)(=O)N2CCC(OC3=C(OC(F)(F)F)C=C3)CC2)CC1. The molecule has 0 aromatic carbocycles. The topological polar surface area (TPSA) is 85.4 Å². The monoisotopic (exact) mass is 482 g/mol. The van der Waals surface area contributed by atoms with Crippen molar-refractivity contribution < 1.29 is 40.6 Å². The molecule has 3 aliphatic rings. The number of carbonyl (C=O) groups is 1. The van der Waals surface area contributed by atoms with E-state index in [1.807, 2.05) is 0 Å². The van der Waals surface area contributed by atoms with Crippen molar-refractivity contribution in [3.05, 3.63) is 23.7 Å². The number of hydrogen-bond donors (Lipinski definition) is 0. The first-order chi connectivity index (χ1) is 14.7. The number of ether oxygens (including phenoxy) is 3. The average molecular weight is 483 g/mol. The van der Waals surface area contributed by atoms with Gasteiger partial charge in [0.15, 0.2) is 11.5 Å². The Balaban J connectivity index is 1.47. The minimum atomic E-state index is -4.79. The molecule has 8 nitrogen and oxygen atoms in total. The van der Waals surface area contributed by atoms with E-state index in [4.69, 9.17) is 9.47 Å². The Morgan fingerprint density at radius 1 is 0.969 bits per heavy atom. The first-order valence-electron chi connectivity index (χ1n) is 10.6. The first kappa shape index (κ1) is 24.7. The number of nitrogens with zero attached hydrogens (tertiary/aromatic N) is 2. The first-order valence-corrected chi connectivity index (χ1v) is 12.1. The molecule has 3 rings (SSSR count). The quantitative estimate of drug-likeness (QED) is 0.596. The van der Waals surface area contributed by atoms with Gasteiger partial charge in [-0.3, -0.25) is 0 Å². The molecule has 2 aliphatic heterocycles. The van der Waals surface area contributed by atoms with Crippen LogP contribution in [0.15, 0.2) is 23.7 Å². The Hall–Kier alpha value is -1.95. The molecular weight excluding hydrogens is 453 g/mol. The second kappa shape index (κ2) is 9.12. The minimum Gasteiger partial charge on any atom is -0.486 e. The van der Waals surface area contributed by atoms with E-state index in [9.17, 15) is 26.4 Å². The maximum atomic E-state index is 13.0. The van der Waals surface area contributed by atoms with Crippen molar-refractivity contribution in [2.45, 2.75) is 69.8 Å². The molecule has 1 amide bonds. The molecule has 0 spiro atoms. The van der Waals surface area contributed by atoms with Gasteiger partial charge in [-0.25, -0.2) is 17.5 Å². The van der Waals surface area contributed by atoms with Crippen molar-refractivity contribution in [1.82, 2.24) is 9.21 Å². The highest BCUT2D eigenvalue weighted by Gasteiger charge is 2.39. The molecule has 0 bridgehead atoms. The Kier molecular flexibility index (Phi) is 7.04. The smallest absolute Gasteiger partial charge is 0.486 e. The average Bonchev–Trinajstić information content (AvgIpc) is 2.68. The predicted octanol–water partition coefficient (Wildman–Crippen LogP) is 3.51. The third kappa shape index (κ3) is 6.31. The summed E-state index contributed by atoms with van der Waals surface area (Å²) in [5.74, 6) is -0.345. The van der Waals surface area contributed by atoms with Crippen LogP contribution in [0.25, 0.3) is 0 Å². The number of halogens is 3. The molecule has 2 fully saturated rings. The van der Waals surface area contributed by atoms with Crippen LogP contribution in [0.3, 0.4) is 0 Å². The summed E-state index contributed by atoms with van der Waals surface area (Å²) in [5.41, 5.74) is -0.614. The van der Waals surface area contributed by atoms with Gasteiger partial charge in [0.05, 0.1) is 5.25 Å². The van der Waals surface area contributed by atoms with Crippen LogP contribution in [0.1, 0.15) is 46.5 Å². The number of amides is 1. The fourth-order valence-electron chi connectivity index (χ4n) is 3.78. The van der Waals surface area contributed by atoms with E-state index < -0.39 is 33.3 Å². The van der Waals surface area contributed by atoms with Gasteiger partial charge >= 0.3 is 12.5 Å². The van der Waals surface area contributed by atoms with Crippen molar-refractivity contribution >= 4 is 16.1 Å². The summed E-state index contributed by atoms with van der Waals surface area (Å²) in [6, 6.07) is 0. The van der Waals surface area contributed by atoms with E-state index >= 15 is 0 Å². The molecule has 0 atom stereocenters. The fourth-order valence-corrected chi connectivity index (χ4v) is 5.73. The minimum absolute atomic E-state index is 0.0261. The van der Waals surface area contributed by atoms with E-state index in [0.717, 1.165) is 0 Å². The van der Waals surface area contributed by atoms with Crippen LogP contribution in [0, 0.1) is 0 Å². The zero-order chi connectivity index (χ0) is 23.7. The van der Waals surface area contributed by atoms with Crippen LogP contribution in [-0.2, 0) is 24.2 Å². The molecule has 2 saturated heterocycles. The van der Waals surface area contributed by atoms with Crippen LogP contribution in [0.2, 0.25) is 0 Å². The highest BCUT2D eigenvalue weighted by atomic mass is 32.2. The fraction of sp³-hybridized carbons (Fsp3) is 0.750. The lowest BCUT2D eigenvalue weighted by molar-refractivity contribution is -0.305. The lowest BCUT2D eigenvalue weighted by atomic mass is 10.1. The molecule has 0 saturated carbocycles. The van der Waals surface area contributed by atoms with Crippen molar-refractivity contribution in [3.63, 3.8) is 0 Å². The standard InChI is InChI=1S/C20H29F3N2O6S/c1-19(2,3)31-18(26)24-10-8-15(9-11-24)32(27,28)25-12-6-14(7-13-25)29-16-4-5-17(16)30-20(21,22)23/h4-5,14-15H,6-13H2,1-3H3. The van der Waals surface area contributed by atoms with Gasteiger partial charge in [0.25, 0.3) is 0 Å². The van der Waals surface area contributed by atoms with Gasteiger partial charge < -0.3 is 19.1 Å². The predicted molar refractivity (Wildman–Crippen MR) is 109 cm³/mol. The largest absolute Gasteiger partial charge is 0.573 e. The number of rotatable bonds is 5. The van der Waals surface area contributed by atoms with Crippen LogP contribution in [-0.4, -0.2) is 73.2 Å². The number of carbonyl (C=O) groups excluding carboxylic acids is 1. The molecule has 32 heavy (non-hydrogen) atoms. The van der Waals surface area contributed by atoms with Crippen molar-refractivity contribution in [1.29, 1.82) is 0 Å². The van der Waals surface area contributed by atoms with E-state index in [0.29, 0.717) is 38.8 Å². The molecule has 2 heterocycles. The molecule has 0 aromatic heterocycles. The number of allylic oxidation sites excluding steroid dienone is 2. The van der Waals surface area contributed by atoms with Crippen molar-refractivity contribution in [2.24, 2.45) is 0 Å². The van der Waals surface area contributed by atoms with Crippen LogP contribution < -0.4 is 0 Å². The van der Waals surface area contributed by atoms with Crippen LogP contribution in [0.4, 0.5) is 18.0 Å². The normalized spacial score (nSPS) is 22.0. The number of likely N-dealkylation sites (tertiary alicyclic amines) is 1. The summed E-state index contributed by atoms with van der Waals surface area (Å²) in [5, 5.41) is -0.581. The molecule has 0 radical (unpaired) electrons. The third-order valence-corrected chi connectivity index (χ3v) is 7.82. The van der Waals surface area contributed by atoms with Gasteiger partial charge in [-0.2, -0.15) is 0 Å².